The molecule has 0 aliphatic heterocycles. The van der Waals surface area contributed by atoms with Crippen molar-refractivity contribution in [1.82, 2.24) is 14.1 Å². The first kappa shape index (κ1) is 10.5. The van der Waals surface area contributed by atoms with E-state index in [9.17, 15) is 4.79 Å². The first-order chi connectivity index (χ1) is 7.77. The summed E-state index contributed by atoms with van der Waals surface area (Å²) < 4.78 is 3.61. The molecule has 2 N–H and O–H groups in total. The largest absolute Gasteiger partial charge is 0.394 e. The average Bonchev–Trinajstić information content (AvgIpc) is 2.77. The minimum absolute atomic E-state index is 0.117. The molecule has 0 amide bonds. The third-order valence-corrected chi connectivity index (χ3v) is 2.42. The summed E-state index contributed by atoms with van der Waals surface area (Å²) >= 11 is 0. The van der Waals surface area contributed by atoms with E-state index in [4.69, 9.17) is 5.73 Å². The topological polar surface area (TPSA) is 65.8 Å². The maximum absolute atomic E-state index is 11.6. The lowest BCUT2D eigenvalue weighted by atomic mass is 10.3. The van der Waals surface area contributed by atoms with Crippen molar-refractivity contribution in [2.24, 2.45) is 0 Å². The highest BCUT2D eigenvalue weighted by Gasteiger charge is 1.98. The number of pyridine rings is 1. The molecule has 2 rings (SSSR count). The second kappa shape index (κ2) is 4.65. The maximum atomic E-state index is 11.6. The molecule has 5 nitrogen and oxygen atoms in total. The van der Waals surface area contributed by atoms with Crippen LogP contribution in [0.2, 0.25) is 0 Å². The fraction of sp³-hybridized carbons (Fsp3) is 0.273. The molecule has 2 aromatic rings. The fourth-order valence-corrected chi connectivity index (χ4v) is 1.57. The number of imidazole rings is 1. The van der Waals surface area contributed by atoms with Gasteiger partial charge < -0.3 is 14.9 Å². The molecule has 5 heteroatoms. The molecule has 16 heavy (non-hydrogen) atoms. The van der Waals surface area contributed by atoms with Gasteiger partial charge in [0.15, 0.2) is 0 Å². The summed E-state index contributed by atoms with van der Waals surface area (Å²) in [7, 11) is 0. The van der Waals surface area contributed by atoms with Crippen molar-refractivity contribution in [3.8, 4) is 0 Å². The normalized spacial score (nSPS) is 10.5. The van der Waals surface area contributed by atoms with Crippen LogP contribution >= 0.6 is 0 Å². The number of aromatic nitrogens is 3. The molecule has 0 saturated heterocycles. The predicted molar refractivity (Wildman–Crippen MR) is 62.0 cm³/mol. The lowest BCUT2D eigenvalue weighted by Gasteiger charge is -2.06. The van der Waals surface area contributed by atoms with Gasteiger partial charge in [0.2, 0.25) is 0 Å². The van der Waals surface area contributed by atoms with Crippen molar-refractivity contribution in [2.75, 3.05) is 5.73 Å². The molecule has 0 unspecified atom stereocenters. The molecule has 0 saturated carbocycles. The van der Waals surface area contributed by atoms with Gasteiger partial charge >= 0.3 is 0 Å². The van der Waals surface area contributed by atoms with E-state index in [1.165, 1.54) is 0 Å². The zero-order chi connectivity index (χ0) is 11.4. The van der Waals surface area contributed by atoms with Gasteiger partial charge in [0.05, 0.1) is 12.0 Å². The van der Waals surface area contributed by atoms with E-state index in [-0.39, 0.29) is 5.56 Å². The van der Waals surface area contributed by atoms with Gasteiger partial charge in [-0.15, -0.1) is 0 Å². The molecule has 84 valence electrons. The summed E-state index contributed by atoms with van der Waals surface area (Å²) in [6.45, 7) is 1.52. The highest BCUT2D eigenvalue weighted by molar-refractivity contribution is 5.33. The molecule has 2 aromatic heterocycles. The Morgan fingerprint density at radius 1 is 1.31 bits per heavy atom. The highest BCUT2D eigenvalue weighted by Crippen LogP contribution is 1.96. The summed E-state index contributed by atoms with van der Waals surface area (Å²) in [5.41, 5.74) is 5.72. The van der Waals surface area contributed by atoms with Crippen LogP contribution in [0.25, 0.3) is 0 Å². The van der Waals surface area contributed by atoms with Gasteiger partial charge in [0.1, 0.15) is 0 Å². The van der Waals surface area contributed by atoms with Crippen LogP contribution in [0.3, 0.4) is 0 Å². The second-order valence-corrected chi connectivity index (χ2v) is 3.62. The molecule has 0 radical (unpaired) electrons. The van der Waals surface area contributed by atoms with Crippen LogP contribution in [0.1, 0.15) is 6.42 Å². The molecule has 0 spiro atoms. The number of anilines is 1. The number of aryl methyl sites for hydroxylation is 2. The van der Waals surface area contributed by atoms with Crippen LogP contribution in [-0.4, -0.2) is 14.1 Å². The number of nitrogens with two attached hydrogens (primary N) is 1. The van der Waals surface area contributed by atoms with Gasteiger partial charge in [0.25, 0.3) is 5.56 Å². The number of rotatable bonds is 4. The second-order valence-electron chi connectivity index (χ2n) is 3.62. The molecule has 0 atom stereocenters. The molecule has 0 fully saturated rings. The van der Waals surface area contributed by atoms with Gasteiger partial charge in [-0.3, -0.25) is 4.79 Å². The predicted octanol–water partition coefficient (Wildman–Crippen LogP) is 0.717. The number of nitrogens with zero attached hydrogens (tertiary/aromatic N) is 3. The van der Waals surface area contributed by atoms with Crippen molar-refractivity contribution in [2.45, 2.75) is 19.5 Å². The zero-order valence-corrected chi connectivity index (χ0v) is 8.91. The first-order valence-electron chi connectivity index (χ1n) is 5.18. The molecule has 0 aliphatic carbocycles. The summed E-state index contributed by atoms with van der Waals surface area (Å²) in [6.07, 6.45) is 8.04. The highest BCUT2D eigenvalue weighted by atomic mass is 16.1. The SMILES string of the molecule is Nc1cccn(CCCn2ccnc2)c1=O. The molecule has 0 bridgehead atoms. The molecular formula is C11H14N4O. The van der Waals surface area contributed by atoms with Gasteiger partial charge in [-0.2, -0.15) is 0 Å². The van der Waals surface area contributed by atoms with Crippen LogP contribution in [0.15, 0.2) is 41.8 Å². The average molecular weight is 218 g/mol. The van der Waals surface area contributed by atoms with Gasteiger partial charge in [-0.25, -0.2) is 4.98 Å². The summed E-state index contributed by atoms with van der Waals surface area (Å²) in [5.74, 6) is 0. The third-order valence-electron chi connectivity index (χ3n) is 2.42. The smallest absolute Gasteiger partial charge is 0.273 e. The number of hydrogen-bond donors (Lipinski definition) is 1. The Kier molecular flexibility index (Phi) is 3.05. The molecule has 2 heterocycles. The monoisotopic (exact) mass is 218 g/mol. The zero-order valence-electron chi connectivity index (χ0n) is 8.91. The quantitative estimate of drug-likeness (QED) is 0.822. The minimum Gasteiger partial charge on any atom is -0.394 e. The van der Waals surface area contributed by atoms with E-state index in [2.05, 4.69) is 4.98 Å². The van der Waals surface area contributed by atoms with Crippen molar-refractivity contribution in [3.05, 3.63) is 47.4 Å². The number of nitrogen functional groups attached to an aromatic ring is 1. The third kappa shape index (κ3) is 2.31. The number of hydrogen-bond acceptors (Lipinski definition) is 3. The van der Waals surface area contributed by atoms with E-state index in [1.807, 2.05) is 10.8 Å². The van der Waals surface area contributed by atoms with Crippen molar-refractivity contribution >= 4 is 5.69 Å². The van der Waals surface area contributed by atoms with Crippen LogP contribution in [0.5, 0.6) is 0 Å². The van der Waals surface area contributed by atoms with Gasteiger partial charge in [0, 0.05) is 31.7 Å². The standard InChI is InChI=1S/C11H14N4O/c12-10-3-1-6-15(11(10)16)7-2-5-14-8-4-13-9-14/h1,3-4,6,8-9H,2,5,7,12H2. The van der Waals surface area contributed by atoms with Crippen molar-refractivity contribution in [3.63, 3.8) is 0 Å². The van der Waals surface area contributed by atoms with Crippen LogP contribution < -0.4 is 11.3 Å². The van der Waals surface area contributed by atoms with E-state index in [1.54, 1.807) is 35.4 Å². The minimum atomic E-state index is -0.117. The van der Waals surface area contributed by atoms with E-state index >= 15 is 0 Å². The lowest BCUT2D eigenvalue weighted by Crippen LogP contribution is -2.22. The Hall–Kier alpha value is -2.04. The Morgan fingerprint density at radius 2 is 2.19 bits per heavy atom. The molecular weight excluding hydrogens is 204 g/mol. The summed E-state index contributed by atoms with van der Waals surface area (Å²) in [6, 6.07) is 3.41. The van der Waals surface area contributed by atoms with E-state index in [0.717, 1.165) is 13.0 Å². The van der Waals surface area contributed by atoms with Crippen LogP contribution in [-0.2, 0) is 13.1 Å². The van der Waals surface area contributed by atoms with E-state index < -0.39 is 0 Å². The van der Waals surface area contributed by atoms with Crippen LogP contribution in [0, 0.1) is 0 Å². The maximum Gasteiger partial charge on any atom is 0.273 e. The van der Waals surface area contributed by atoms with Gasteiger partial charge in [-0.1, -0.05) is 0 Å². The Morgan fingerprint density at radius 3 is 2.94 bits per heavy atom. The van der Waals surface area contributed by atoms with Crippen molar-refractivity contribution < 1.29 is 0 Å². The van der Waals surface area contributed by atoms with Gasteiger partial charge in [-0.05, 0) is 18.6 Å². The summed E-state index contributed by atoms with van der Waals surface area (Å²) in [5, 5.41) is 0. The molecule has 0 aliphatic rings. The summed E-state index contributed by atoms with van der Waals surface area (Å²) in [4.78, 5) is 15.5. The first-order valence-corrected chi connectivity index (χ1v) is 5.18. The Labute approximate surface area is 93.2 Å². The van der Waals surface area contributed by atoms with Crippen LogP contribution in [0.4, 0.5) is 5.69 Å². The lowest BCUT2D eigenvalue weighted by molar-refractivity contribution is 0.553. The Balaban J connectivity index is 1.95. The Bertz CT molecular complexity index is 501. The van der Waals surface area contributed by atoms with Crippen molar-refractivity contribution in [1.29, 1.82) is 0 Å². The van der Waals surface area contributed by atoms with E-state index in [0.29, 0.717) is 12.2 Å². The molecule has 0 aromatic carbocycles. The fourth-order valence-electron chi connectivity index (χ4n) is 1.57.